The van der Waals surface area contributed by atoms with Gasteiger partial charge in [0.1, 0.15) is 6.04 Å². The predicted octanol–water partition coefficient (Wildman–Crippen LogP) is 4.78. The first-order valence-corrected chi connectivity index (χ1v) is 11.6. The monoisotopic (exact) mass is 525 g/mol. The summed E-state index contributed by atoms with van der Waals surface area (Å²) < 4.78 is 0. The number of imide groups is 1. The first-order valence-electron chi connectivity index (χ1n) is 10.7. The van der Waals surface area contributed by atoms with Gasteiger partial charge in [0.25, 0.3) is 23.4 Å². The molecule has 1 heterocycles. The molecule has 0 fully saturated rings. The summed E-state index contributed by atoms with van der Waals surface area (Å²) in [6.07, 6.45) is -0.0882. The molecule has 1 atom stereocenters. The first kappa shape index (κ1) is 25.0. The molecule has 11 heteroatoms. The van der Waals surface area contributed by atoms with Crippen molar-refractivity contribution in [2.45, 2.75) is 12.5 Å². The second kappa shape index (κ2) is 10.3. The average Bonchev–Trinajstić information content (AvgIpc) is 3.13. The number of nitrogens with zero attached hydrogens (tertiary/aromatic N) is 3. The number of hydrazine groups is 1. The number of Topliss-reactive ketones (excluding diaryl/α,β-unsaturated/α-hetero) is 1. The lowest BCUT2D eigenvalue weighted by atomic mass is 10.0. The molecule has 0 aliphatic carbocycles. The molecule has 0 saturated heterocycles. The molecule has 0 bridgehead atoms. The zero-order valence-electron chi connectivity index (χ0n) is 18.5. The lowest BCUT2D eigenvalue weighted by molar-refractivity contribution is -0.384. The number of hydrogen-bond donors (Lipinski definition) is 0. The first-order chi connectivity index (χ1) is 17.2. The number of halogens is 2. The zero-order valence-corrected chi connectivity index (χ0v) is 20.0. The molecule has 3 aromatic rings. The Morgan fingerprint density at radius 3 is 1.92 bits per heavy atom. The summed E-state index contributed by atoms with van der Waals surface area (Å²) in [5.74, 6) is -3.09. The van der Waals surface area contributed by atoms with E-state index in [0.717, 1.165) is 17.1 Å². The van der Waals surface area contributed by atoms with Gasteiger partial charge in [-0.3, -0.25) is 29.3 Å². The van der Waals surface area contributed by atoms with Gasteiger partial charge in [-0.05, 0) is 55.0 Å². The number of nitro groups is 1. The van der Waals surface area contributed by atoms with Crippen molar-refractivity contribution >= 4 is 52.4 Å². The minimum Gasteiger partial charge on any atom is -0.292 e. The molecule has 0 unspecified atom stereocenters. The molecule has 36 heavy (non-hydrogen) atoms. The van der Waals surface area contributed by atoms with Crippen LogP contribution in [0.1, 0.15) is 47.9 Å². The van der Waals surface area contributed by atoms with Gasteiger partial charge in [0.05, 0.1) is 16.1 Å². The van der Waals surface area contributed by atoms with Gasteiger partial charge in [-0.1, -0.05) is 23.7 Å². The zero-order chi connectivity index (χ0) is 26.0. The molecule has 0 saturated carbocycles. The molecule has 182 valence electrons. The topological polar surface area (TPSA) is 118 Å². The molecular weight excluding hydrogens is 509 g/mol. The minimum absolute atomic E-state index is 0.0689. The van der Waals surface area contributed by atoms with Gasteiger partial charge in [-0.2, -0.15) is 5.01 Å². The Balaban J connectivity index is 1.83. The quantitative estimate of drug-likeness (QED) is 0.137. The number of non-ortho nitro benzene ring substituents is 1. The third-order valence-corrected chi connectivity index (χ3v) is 6.10. The van der Waals surface area contributed by atoms with E-state index in [1.54, 1.807) is 12.1 Å². The van der Waals surface area contributed by atoms with Crippen LogP contribution in [0.5, 0.6) is 0 Å². The van der Waals surface area contributed by atoms with E-state index < -0.39 is 34.5 Å². The molecule has 3 amide bonds. The van der Waals surface area contributed by atoms with E-state index in [1.807, 2.05) is 0 Å². The number of alkyl halides is 1. The lowest BCUT2D eigenvalue weighted by Gasteiger charge is -2.36. The van der Waals surface area contributed by atoms with E-state index in [2.05, 4.69) is 0 Å². The maximum atomic E-state index is 13.8. The average molecular weight is 526 g/mol. The van der Waals surface area contributed by atoms with Crippen LogP contribution in [-0.2, 0) is 0 Å². The van der Waals surface area contributed by atoms with Crippen LogP contribution in [0.3, 0.4) is 0 Å². The summed E-state index contributed by atoms with van der Waals surface area (Å²) in [5, 5.41) is 12.9. The maximum absolute atomic E-state index is 13.8. The highest BCUT2D eigenvalue weighted by molar-refractivity contribution is 6.30. The summed E-state index contributed by atoms with van der Waals surface area (Å²) >= 11 is 11.9. The molecule has 0 N–H and O–H groups in total. The van der Waals surface area contributed by atoms with Crippen LogP contribution in [0.4, 0.5) is 5.69 Å². The predicted molar refractivity (Wildman–Crippen MR) is 131 cm³/mol. The lowest BCUT2D eigenvalue weighted by Crippen LogP contribution is -2.57. The van der Waals surface area contributed by atoms with Gasteiger partial charge >= 0.3 is 0 Å². The second-order valence-corrected chi connectivity index (χ2v) is 8.60. The fraction of sp³-hybridized carbons (Fsp3) is 0.120. The highest BCUT2D eigenvalue weighted by Crippen LogP contribution is 2.29. The van der Waals surface area contributed by atoms with E-state index in [-0.39, 0.29) is 40.2 Å². The van der Waals surface area contributed by atoms with Crippen molar-refractivity contribution < 1.29 is 24.1 Å². The van der Waals surface area contributed by atoms with Gasteiger partial charge < -0.3 is 0 Å². The number of hydrogen-bond acceptors (Lipinski definition) is 6. The summed E-state index contributed by atoms with van der Waals surface area (Å²) in [4.78, 5) is 64.3. The highest BCUT2D eigenvalue weighted by Gasteiger charge is 2.46. The Morgan fingerprint density at radius 1 is 0.889 bits per heavy atom. The van der Waals surface area contributed by atoms with E-state index in [1.165, 1.54) is 48.5 Å². The molecule has 1 aliphatic heterocycles. The van der Waals surface area contributed by atoms with Crippen molar-refractivity contribution in [3.05, 3.63) is 110 Å². The number of nitro benzene ring substituents is 1. The van der Waals surface area contributed by atoms with Crippen LogP contribution in [0, 0.1) is 10.1 Å². The third kappa shape index (κ3) is 4.58. The smallest absolute Gasteiger partial charge is 0.280 e. The molecule has 0 spiro atoms. The number of fused-ring (bicyclic) bond motifs is 1. The normalized spacial score (nSPS) is 13.3. The summed E-state index contributed by atoms with van der Waals surface area (Å²) in [6, 6.07) is 15.2. The fourth-order valence-electron chi connectivity index (χ4n) is 3.88. The maximum Gasteiger partial charge on any atom is 0.280 e. The number of benzene rings is 3. The standard InChI is InChI=1S/C25H17Cl2N3O6/c26-14-13-21(22(31)15-5-9-17(27)10-6-15)28(23(32)16-7-11-18(12-8-16)30(35)36)29-24(33)19-3-1-2-4-20(19)25(29)34/h1-12,21H,13-14H2/t21-/m0/s1. The molecule has 0 aromatic heterocycles. The van der Waals surface area contributed by atoms with E-state index in [4.69, 9.17) is 23.2 Å². The van der Waals surface area contributed by atoms with E-state index >= 15 is 0 Å². The highest BCUT2D eigenvalue weighted by atomic mass is 35.5. The SMILES string of the molecule is O=C(c1ccc(Cl)cc1)[C@H](CCCl)N(C(=O)c1ccc([N+](=O)[O-])cc1)N1C(=O)c2ccccc2C1=O. The van der Waals surface area contributed by atoms with Crippen molar-refractivity contribution in [2.75, 3.05) is 5.88 Å². The van der Waals surface area contributed by atoms with Crippen LogP contribution in [0.2, 0.25) is 5.02 Å². The number of ketones is 1. The fourth-order valence-corrected chi connectivity index (χ4v) is 4.21. The molecule has 9 nitrogen and oxygen atoms in total. The molecule has 0 radical (unpaired) electrons. The van der Waals surface area contributed by atoms with Crippen LogP contribution < -0.4 is 0 Å². The van der Waals surface area contributed by atoms with E-state index in [9.17, 15) is 29.3 Å². The van der Waals surface area contributed by atoms with Crippen LogP contribution >= 0.6 is 23.2 Å². The van der Waals surface area contributed by atoms with Gasteiger partial charge in [-0.15, -0.1) is 11.6 Å². The van der Waals surface area contributed by atoms with Gasteiger partial charge in [0, 0.05) is 34.2 Å². The van der Waals surface area contributed by atoms with Crippen molar-refractivity contribution in [3.8, 4) is 0 Å². The Labute approximate surface area is 214 Å². The largest absolute Gasteiger partial charge is 0.292 e. The Kier molecular flexibility index (Phi) is 7.14. The molecule has 3 aromatic carbocycles. The summed E-state index contributed by atoms with van der Waals surface area (Å²) in [5.41, 5.74) is 0.0155. The van der Waals surface area contributed by atoms with Crippen LogP contribution in [0.25, 0.3) is 0 Å². The minimum atomic E-state index is -1.34. The number of carbonyl (C=O) groups excluding carboxylic acids is 4. The van der Waals surface area contributed by atoms with Crippen molar-refractivity contribution in [1.82, 2.24) is 10.0 Å². The van der Waals surface area contributed by atoms with Crippen molar-refractivity contribution in [3.63, 3.8) is 0 Å². The summed E-state index contributed by atoms with van der Waals surface area (Å²) in [6.45, 7) is 0. The summed E-state index contributed by atoms with van der Waals surface area (Å²) in [7, 11) is 0. The molecule has 1 aliphatic rings. The van der Waals surface area contributed by atoms with Gasteiger partial charge in [0.2, 0.25) is 0 Å². The van der Waals surface area contributed by atoms with Crippen LogP contribution in [0.15, 0.2) is 72.8 Å². The second-order valence-electron chi connectivity index (χ2n) is 7.79. The van der Waals surface area contributed by atoms with Gasteiger partial charge in [0.15, 0.2) is 5.78 Å². The molecule has 4 rings (SSSR count). The number of amides is 3. The molecular formula is C25H17Cl2N3O6. The van der Waals surface area contributed by atoms with Gasteiger partial charge in [-0.25, -0.2) is 5.01 Å². The Morgan fingerprint density at radius 2 is 1.42 bits per heavy atom. The van der Waals surface area contributed by atoms with Crippen molar-refractivity contribution in [1.29, 1.82) is 0 Å². The third-order valence-electron chi connectivity index (χ3n) is 5.63. The van der Waals surface area contributed by atoms with Crippen molar-refractivity contribution in [2.24, 2.45) is 0 Å². The van der Waals surface area contributed by atoms with Crippen LogP contribution in [-0.4, -0.2) is 50.4 Å². The number of carbonyl (C=O) groups is 4. The number of rotatable bonds is 8. The Bertz CT molecular complexity index is 1340. The van der Waals surface area contributed by atoms with E-state index in [0.29, 0.717) is 10.0 Å². The Hall–Kier alpha value is -4.08.